The molecule has 0 radical (unpaired) electrons. The highest BCUT2D eigenvalue weighted by atomic mass is 19.1. The van der Waals surface area contributed by atoms with Gasteiger partial charge >= 0.3 is 11.7 Å². The number of methoxy groups -OCH3 is 1. The summed E-state index contributed by atoms with van der Waals surface area (Å²) in [6.45, 7) is 0.440. The molecule has 1 aliphatic rings. The lowest BCUT2D eigenvalue weighted by Crippen LogP contribution is -2.62. The quantitative estimate of drug-likeness (QED) is 0.212. The van der Waals surface area contributed by atoms with E-state index in [1.807, 2.05) is 96.0 Å². The summed E-state index contributed by atoms with van der Waals surface area (Å²) in [4.78, 5) is 39.9. The van der Waals surface area contributed by atoms with Crippen molar-refractivity contribution in [3.05, 3.63) is 141 Å². The molecule has 0 saturated carbocycles. The minimum atomic E-state index is -1.41. The zero-order valence-electron chi connectivity index (χ0n) is 25.2. The molecule has 1 aliphatic heterocycles. The van der Waals surface area contributed by atoms with E-state index in [1.165, 1.54) is 7.11 Å². The molecular weight excluding hydrogens is 597 g/mol. The van der Waals surface area contributed by atoms with Crippen LogP contribution in [-0.4, -0.2) is 53.6 Å². The Balaban J connectivity index is 1.57. The average Bonchev–Trinajstić information content (AvgIpc) is 3.08. The molecule has 0 amide bonds. The summed E-state index contributed by atoms with van der Waals surface area (Å²) in [7, 11) is 1.18. The highest BCUT2D eigenvalue weighted by Crippen LogP contribution is 2.39. The van der Waals surface area contributed by atoms with Crippen molar-refractivity contribution in [1.82, 2.24) is 9.55 Å². The van der Waals surface area contributed by atoms with Gasteiger partial charge in [-0.15, -0.1) is 0 Å². The number of hydrogen-bond donors (Lipinski definition) is 2. The number of benzene rings is 3. The number of H-pyrrole nitrogens is 1. The minimum absolute atomic E-state index is 0.0309. The van der Waals surface area contributed by atoms with Gasteiger partial charge in [0.2, 0.25) is 5.82 Å². The van der Waals surface area contributed by atoms with Crippen molar-refractivity contribution in [2.24, 2.45) is 11.7 Å². The number of halogens is 1. The summed E-state index contributed by atoms with van der Waals surface area (Å²) in [5, 5.41) is 0. The number of nitrogens with zero attached hydrogens (tertiary/aromatic N) is 1. The van der Waals surface area contributed by atoms with Crippen LogP contribution < -0.4 is 17.0 Å². The summed E-state index contributed by atoms with van der Waals surface area (Å²) in [6, 6.07) is 26.8. The smallest absolute Gasteiger partial charge is 0.330 e. The zero-order chi connectivity index (χ0) is 32.5. The van der Waals surface area contributed by atoms with E-state index in [1.54, 1.807) is 0 Å². The molecule has 5 rings (SSSR count). The van der Waals surface area contributed by atoms with Crippen LogP contribution in [0.4, 0.5) is 4.39 Å². The van der Waals surface area contributed by atoms with Gasteiger partial charge in [-0.1, -0.05) is 91.0 Å². The Morgan fingerprint density at radius 2 is 1.39 bits per heavy atom. The maximum absolute atomic E-state index is 14.6. The van der Waals surface area contributed by atoms with E-state index in [9.17, 15) is 18.8 Å². The maximum atomic E-state index is 14.6. The molecular formula is C34H36FN3O8. The van der Waals surface area contributed by atoms with Crippen LogP contribution in [-0.2, 0) is 48.3 Å². The van der Waals surface area contributed by atoms with E-state index in [-0.39, 0.29) is 26.4 Å². The number of rotatable bonds is 13. The normalized spacial score (nSPS) is 21.8. The Morgan fingerprint density at radius 1 is 0.870 bits per heavy atom. The molecule has 1 aromatic heterocycles. The van der Waals surface area contributed by atoms with Gasteiger partial charge in [0.1, 0.15) is 24.5 Å². The van der Waals surface area contributed by atoms with Crippen molar-refractivity contribution in [3.8, 4) is 0 Å². The highest BCUT2D eigenvalue weighted by molar-refractivity contribution is 5.76. The van der Waals surface area contributed by atoms with Crippen LogP contribution in [0.5, 0.6) is 0 Å². The second-order valence-electron chi connectivity index (χ2n) is 10.9. The molecule has 0 aliphatic carbocycles. The molecule has 12 heteroatoms. The average molecular weight is 634 g/mol. The summed E-state index contributed by atoms with van der Waals surface area (Å²) in [5.74, 6) is -3.19. The van der Waals surface area contributed by atoms with E-state index in [4.69, 9.17) is 29.4 Å². The number of carbonyl (C=O) groups excluding carboxylic acids is 1. The Kier molecular flexibility index (Phi) is 11.2. The predicted molar refractivity (Wildman–Crippen MR) is 165 cm³/mol. The summed E-state index contributed by atoms with van der Waals surface area (Å²) in [5.41, 5.74) is 6.93. The third kappa shape index (κ3) is 8.03. The number of esters is 1. The van der Waals surface area contributed by atoms with E-state index in [2.05, 4.69) is 0 Å². The summed E-state index contributed by atoms with van der Waals surface area (Å²) < 4.78 is 46.0. The first-order chi connectivity index (χ1) is 22.4. The fourth-order valence-corrected chi connectivity index (χ4v) is 5.46. The molecule has 3 aromatic carbocycles. The second kappa shape index (κ2) is 15.7. The fourth-order valence-electron chi connectivity index (χ4n) is 5.46. The second-order valence-corrected chi connectivity index (χ2v) is 10.9. The van der Waals surface area contributed by atoms with Crippen LogP contribution in [0.2, 0.25) is 0 Å². The number of aromatic amines is 1. The lowest BCUT2D eigenvalue weighted by molar-refractivity contribution is -0.267. The van der Waals surface area contributed by atoms with Crippen molar-refractivity contribution in [3.63, 3.8) is 0 Å². The SMILES string of the molecule is COC(=O)[C@H](N)[C@@H]1[C@@H](OCc2ccccc2)[C@H](OCc2ccccc2)[C@@H](COCc2ccccc2)O[C@H]1n1cc(F)c(=O)[nH]c1=O. The van der Waals surface area contributed by atoms with E-state index < -0.39 is 59.5 Å². The molecule has 6 atom stereocenters. The number of nitrogens with one attached hydrogen (secondary N) is 1. The largest absolute Gasteiger partial charge is 0.468 e. The molecule has 0 unspecified atom stereocenters. The van der Waals surface area contributed by atoms with Gasteiger partial charge in [0.05, 0.1) is 51.8 Å². The molecule has 2 heterocycles. The van der Waals surface area contributed by atoms with Gasteiger partial charge in [-0.05, 0) is 16.7 Å². The predicted octanol–water partition coefficient (Wildman–Crippen LogP) is 3.08. The Bertz CT molecular complexity index is 1670. The van der Waals surface area contributed by atoms with Gasteiger partial charge in [-0.2, -0.15) is 4.39 Å². The third-order valence-corrected chi connectivity index (χ3v) is 7.76. The van der Waals surface area contributed by atoms with Gasteiger partial charge in [-0.25, -0.2) is 4.79 Å². The maximum Gasteiger partial charge on any atom is 0.330 e. The van der Waals surface area contributed by atoms with E-state index in [0.717, 1.165) is 27.5 Å². The summed E-state index contributed by atoms with van der Waals surface area (Å²) >= 11 is 0. The first kappa shape index (κ1) is 32.9. The number of hydrogen-bond acceptors (Lipinski definition) is 9. The van der Waals surface area contributed by atoms with Gasteiger partial charge in [-0.3, -0.25) is 19.1 Å². The monoisotopic (exact) mass is 633 g/mol. The number of nitrogens with two attached hydrogens (primary N) is 1. The van der Waals surface area contributed by atoms with Gasteiger partial charge in [0.15, 0.2) is 0 Å². The van der Waals surface area contributed by atoms with Crippen LogP contribution in [0.3, 0.4) is 0 Å². The van der Waals surface area contributed by atoms with E-state index >= 15 is 0 Å². The number of aromatic nitrogens is 2. The number of ether oxygens (including phenoxy) is 5. The van der Waals surface area contributed by atoms with Crippen molar-refractivity contribution in [2.45, 2.75) is 50.4 Å². The zero-order valence-corrected chi connectivity index (χ0v) is 25.2. The molecule has 11 nitrogen and oxygen atoms in total. The van der Waals surface area contributed by atoms with Crippen LogP contribution in [0.1, 0.15) is 22.9 Å². The Hall–Kier alpha value is -4.46. The Morgan fingerprint density at radius 3 is 1.93 bits per heavy atom. The van der Waals surface area contributed by atoms with Crippen molar-refractivity contribution < 1.29 is 32.9 Å². The third-order valence-electron chi connectivity index (χ3n) is 7.76. The molecule has 0 bridgehead atoms. The van der Waals surface area contributed by atoms with Gasteiger partial charge in [0, 0.05) is 0 Å². The minimum Gasteiger partial charge on any atom is -0.468 e. The molecule has 242 valence electrons. The van der Waals surface area contributed by atoms with Crippen molar-refractivity contribution >= 4 is 5.97 Å². The lowest BCUT2D eigenvalue weighted by Gasteiger charge is -2.48. The Labute approximate surface area is 264 Å². The molecule has 1 fully saturated rings. The van der Waals surface area contributed by atoms with Crippen molar-refractivity contribution in [2.75, 3.05) is 13.7 Å². The van der Waals surface area contributed by atoms with Crippen LogP contribution >= 0.6 is 0 Å². The van der Waals surface area contributed by atoms with Crippen LogP contribution in [0, 0.1) is 11.7 Å². The number of carbonyl (C=O) groups is 1. The molecule has 46 heavy (non-hydrogen) atoms. The van der Waals surface area contributed by atoms with Crippen LogP contribution in [0.15, 0.2) is 107 Å². The summed E-state index contributed by atoms with van der Waals surface area (Å²) in [6.07, 6.45) is -3.47. The standard InChI is InChI=1S/C34H36FN3O8/c1-42-33(40)28(36)27-30(45-20-24-15-9-4-10-16-24)29(44-19-23-13-7-3-8-14-23)26(21-43-18-22-11-5-2-6-12-22)46-32(27)38-17-25(35)31(39)37-34(38)41/h2-17,26-30,32H,18-21,36H2,1H3,(H,37,39,41)/t26-,27-,28-,29-,30-,32-/m1/s1. The molecule has 3 N–H and O–H groups in total. The fraction of sp³-hybridized carbons (Fsp3) is 0.324. The lowest BCUT2D eigenvalue weighted by atomic mass is 9.83. The highest BCUT2D eigenvalue weighted by Gasteiger charge is 2.52. The van der Waals surface area contributed by atoms with Gasteiger partial charge < -0.3 is 29.4 Å². The first-order valence-electron chi connectivity index (χ1n) is 14.8. The molecule has 4 aromatic rings. The van der Waals surface area contributed by atoms with Crippen molar-refractivity contribution in [1.29, 1.82) is 0 Å². The first-order valence-corrected chi connectivity index (χ1v) is 14.8. The molecule has 1 saturated heterocycles. The van der Waals surface area contributed by atoms with E-state index in [0.29, 0.717) is 0 Å². The molecule has 0 spiro atoms. The topological polar surface area (TPSA) is 144 Å². The van der Waals surface area contributed by atoms with Crippen LogP contribution in [0.25, 0.3) is 0 Å². The van der Waals surface area contributed by atoms with Gasteiger partial charge in [0.25, 0.3) is 5.56 Å².